The lowest BCUT2D eigenvalue weighted by Gasteiger charge is -2.41. The Morgan fingerprint density at radius 2 is 2.25 bits per heavy atom. The highest BCUT2D eigenvalue weighted by atomic mass is 32.2. The molecule has 0 amide bonds. The van der Waals surface area contributed by atoms with Gasteiger partial charge in [0, 0.05) is 31.2 Å². The van der Waals surface area contributed by atoms with Crippen molar-refractivity contribution in [3.05, 3.63) is 0 Å². The Kier molecular flexibility index (Phi) is 5.45. The minimum Gasteiger partial charge on any atom is -0.381 e. The molecule has 0 radical (unpaired) electrons. The second-order valence-electron chi connectivity index (χ2n) is 6.41. The van der Waals surface area contributed by atoms with Gasteiger partial charge in [-0.2, -0.15) is 0 Å². The van der Waals surface area contributed by atoms with Crippen molar-refractivity contribution in [1.29, 1.82) is 0 Å². The molecule has 0 aromatic rings. The number of hydrogen-bond acceptors (Lipinski definition) is 5. The van der Waals surface area contributed by atoms with E-state index in [4.69, 9.17) is 4.74 Å². The van der Waals surface area contributed by atoms with Crippen molar-refractivity contribution in [3.8, 4) is 0 Å². The zero-order valence-electron chi connectivity index (χ0n) is 12.7. The summed E-state index contributed by atoms with van der Waals surface area (Å²) in [6.45, 7) is 6.58. The van der Waals surface area contributed by atoms with E-state index in [2.05, 4.69) is 24.2 Å². The van der Waals surface area contributed by atoms with Gasteiger partial charge in [-0.1, -0.05) is 6.92 Å². The summed E-state index contributed by atoms with van der Waals surface area (Å²) in [6.07, 6.45) is 3.03. The maximum absolute atomic E-state index is 11.6. The van der Waals surface area contributed by atoms with Crippen LogP contribution in [-0.2, 0) is 14.6 Å². The van der Waals surface area contributed by atoms with Gasteiger partial charge in [-0.25, -0.2) is 8.42 Å². The van der Waals surface area contributed by atoms with Crippen molar-refractivity contribution in [3.63, 3.8) is 0 Å². The van der Waals surface area contributed by atoms with Crippen LogP contribution >= 0.6 is 0 Å². The predicted octanol–water partition coefficient (Wildman–Crippen LogP) is 0.512. The van der Waals surface area contributed by atoms with Gasteiger partial charge in [-0.05, 0) is 32.9 Å². The van der Waals surface area contributed by atoms with Gasteiger partial charge in [0.05, 0.1) is 18.1 Å². The smallest absolute Gasteiger partial charge is 0.151 e. The molecular weight excluding hydrogens is 276 g/mol. The van der Waals surface area contributed by atoms with Crippen LogP contribution in [-0.4, -0.2) is 70.8 Å². The molecule has 2 aliphatic heterocycles. The van der Waals surface area contributed by atoms with Crippen LogP contribution in [0.4, 0.5) is 0 Å². The van der Waals surface area contributed by atoms with Gasteiger partial charge >= 0.3 is 0 Å². The van der Waals surface area contributed by atoms with Crippen molar-refractivity contribution in [1.82, 2.24) is 10.2 Å². The molecule has 2 rings (SSSR count). The van der Waals surface area contributed by atoms with Crippen LogP contribution in [0.5, 0.6) is 0 Å². The Morgan fingerprint density at radius 1 is 1.45 bits per heavy atom. The molecule has 2 atom stereocenters. The zero-order chi connectivity index (χ0) is 14.6. The van der Waals surface area contributed by atoms with Gasteiger partial charge in [-0.3, -0.25) is 0 Å². The van der Waals surface area contributed by atoms with Crippen LogP contribution in [0.1, 0.15) is 26.2 Å². The first kappa shape index (κ1) is 16.2. The van der Waals surface area contributed by atoms with Crippen LogP contribution in [0.2, 0.25) is 0 Å². The number of sulfone groups is 1. The van der Waals surface area contributed by atoms with Crippen LogP contribution in [0.3, 0.4) is 0 Å². The molecule has 0 saturated carbocycles. The first-order valence-corrected chi connectivity index (χ1v) is 9.48. The summed E-state index contributed by atoms with van der Waals surface area (Å²) in [5.74, 6) is 0.667. The molecule has 20 heavy (non-hydrogen) atoms. The summed E-state index contributed by atoms with van der Waals surface area (Å²) in [6, 6.07) is 0.181. The largest absolute Gasteiger partial charge is 0.381 e. The van der Waals surface area contributed by atoms with E-state index < -0.39 is 9.84 Å². The molecule has 0 aromatic carbocycles. The third-order valence-electron chi connectivity index (χ3n) is 4.57. The molecule has 1 N–H and O–H groups in total. The lowest BCUT2D eigenvalue weighted by molar-refractivity contribution is -0.0267. The highest BCUT2D eigenvalue weighted by molar-refractivity contribution is 7.91. The molecule has 0 bridgehead atoms. The lowest BCUT2D eigenvalue weighted by atomic mass is 9.81. The van der Waals surface area contributed by atoms with Crippen LogP contribution < -0.4 is 5.32 Å². The van der Waals surface area contributed by atoms with E-state index >= 15 is 0 Å². The van der Waals surface area contributed by atoms with Crippen molar-refractivity contribution in [2.45, 2.75) is 32.2 Å². The van der Waals surface area contributed by atoms with Crippen LogP contribution in [0.25, 0.3) is 0 Å². The molecule has 118 valence electrons. The molecule has 2 unspecified atom stereocenters. The third kappa shape index (κ3) is 4.16. The minimum atomic E-state index is -2.81. The number of rotatable bonds is 6. The quantitative estimate of drug-likeness (QED) is 0.775. The molecule has 2 heterocycles. The molecule has 0 aliphatic carbocycles. The topological polar surface area (TPSA) is 58.6 Å². The zero-order valence-corrected chi connectivity index (χ0v) is 13.5. The summed E-state index contributed by atoms with van der Waals surface area (Å²) in [4.78, 5) is 2.25. The Morgan fingerprint density at radius 3 is 2.80 bits per heavy atom. The van der Waals surface area contributed by atoms with Crippen molar-refractivity contribution >= 4 is 9.84 Å². The van der Waals surface area contributed by atoms with Crippen LogP contribution in [0.15, 0.2) is 0 Å². The van der Waals surface area contributed by atoms with E-state index in [-0.39, 0.29) is 11.5 Å². The van der Waals surface area contributed by atoms with E-state index in [1.807, 2.05) is 0 Å². The molecule has 2 aliphatic rings. The first-order chi connectivity index (χ1) is 9.46. The monoisotopic (exact) mass is 304 g/mol. The van der Waals surface area contributed by atoms with Crippen molar-refractivity contribution in [2.75, 3.05) is 51.4 Å². The number of nitrogens with one attached hydrogen (secondary N) is 1. The Bertz CT molecular complexity index is 405. The summed E-state index contributed by atoms with van der Waals surface area (Å²) in [5, 5.41) is 3.45. The minimum absolute atomic E-state index is 0.134. The molecule has 0 aromatic heterocycles. The van der Waals surface area contributed by atoms with Gasteiger partial charge in [0.2, 0.25) is 0 Å². The number of nitrogens with zero attached hydrogens (tertiary/aromatic N) is 1. The van der Waals surface area contributed by atoms with Gasteiger partial charge in [0.1, 0.15) is 0 Å². The molecule has 2 saturated heterocycles. The summed E-state index contributed by atoms with van der Waals surface area (Å²) in [7, 11) is -0.743. The fraction of sp³-hybridized carbons (Fsp3) is 1.00. The highest BCUT2D eigenvalue weighted by Gasteiger charge is 2.37. The van der Waals surface area contributed by atoms with E-state index in [1.54, 1.807) is 0 Å². The Balaban J connectivity index is 1.96. The van der Waals surface area contributed by atoms with Gasteiger partial charge in [0.15, 0.2) is 9.84 Å². The molecule has 2 fully saturated rings. The highest BCUT2D eigenvalue weighted by Crippen LogP contribution is 2.30. The summed E-state index contributed by atoms with van der Waals surface area (Å²) < 4.78 is 29.0. The fourth-order valence-electron chi connectivity index (χ4n) is 3.40. The molecule has 0 spiro atoms. The average Bonchev–Trinajstić information content (AvgIpc) is 2.78. The molecular formula is C14H28N2O3S. The normalized spacial score (nSPS) is 33.6. The second-order valence-corrected chi connectivity index (χ2v) is 8.64. The third-order valence-corrected chi connectivity index (χ3v) is 6.32. The number of hydrogen-bond donors (Lipinski definition) is 1. The summed E-state index contributed by atoms with van der Waals surface area (Å²) in [5.41, 5.74) is 0.134. The predicted molar refractivity (Wildman–Crippen MR) is 80.7 cm³/mol. The Labute approximate surface area is 123 Å². The van der Waals surface area contributed by atoms with Gasteiger partial charge in [-0.15, -0.1) is 0 Å². The van der Waals surface area contributed by atoms with Crippen molar-refractivity contribution < 1.29 is 13.2 Å². The molecule has 6 heteroatoms. The SMILES string of the molecule is CCNCC1(CN(C)C2CCS(=O)(=O)C2)CCCOC1. The van der Waals surface area contributed by atoms with E-state index in [0.717, 1.165) is 52.1 Å². The van der Waals surface area contributed by atoms with Gasteiger partial charge in [0.25, 0.3) is 0 Å². The Hall–Kier alpha value is -0.170. The number of ether oxygens (including phenoxy) is 1. The lowest BCUT2D eigenvalue weighted by Crippen LogP contribution is -2.50. The first-order valence-electron chi connectivity index (χ1n) is 7.65. The van der Waals surface area contributed by atoms with E-state index in [1.165, 1.54) is 0 Å². The van der Waals surface area contributed by atoms with Crippen LogP contribution in [0, 0.1) is 5.41 Å². The van der Waals surface area contributed by atoms with E-state index in [9.17, 15) is 8.42 Å². The molecule has 5 nitrogen and oxygen atoms in total. The van der Waals surface area contributed by atoms with Crippen molar-refractivity contribution in [2.24, 2.45) is 5.41 Å². The second kappa shape index (κ2) is 6.73. The van der Waals surface area contributed by atoms with Gasteiger partial charge < -0.3 is 15.0 Å². The van der Waals surface area contributed by atoms with E-state index in [0.29, 0.717) is 11.5 Å². The summed E-state index contributed by atoms with van der Waals surface area (Å²) >= 11 is 0. The average molecular weight is 304 g/mol. The fourth-order valence-corrected chi connectivity index (χ4v) is 5.21. The maximum Gasteiger partial charge on any atom is 0.151 e. The maximum atomic E-state index is 11.6. The standard InChI is InChI=1S/C14H28N2O3S/c1-3-15-10-14(6-4-7-19-12-14)11-16(2)13-5-8-20(17,18)9-13/h13,15H,3-12H2,1-2H3.